The van der Waals surface area contributed by atoms with E-state index in [0.29, 0.717) is 30.0 Å². The number of carbonyl (C=O) groups excluding carboxylic acids is 1. The van der Waals surface area contributed by atoms with Gasteiger partial charge in [-0.3, -0.25) is 9.59 Å². The number of rotatable bonds is 7. The van der Waals surface area contributed by atoms with Crippen molar-refractivity contribution in [3.05, 3.63) is 75.2 Å². The van der Waals surface area contributed by atoms with E-state index in [0.717, 1.165) is 29.5 Å². The summed E-state index contributed by atoms with van der Waals surface area (Å²) in [5.74, 6) is 0.296. The zero-order valence-corrected chi connectivity index (χ0v) is 18.5. The average molecular weight is 442 g/mol. The molecule has 1 aliphatic heterocycles. The number of sulfonamides is 1. The van der Waals surface area contributed by atoms with Gasteiger partial charge < -0.3 is 10.3 Å². The van der Waals surface area contributed by atoms with E-state index >= 15 is 0 Å². The molecule has 1 saturated heterocycles. The first-order valence-corrected chi connectivity index (χ1v) is 12.1. The van der Waals surface area contributed by atoms with Crippen molar-refractivity contribution in [3.63, 3.8) is 0 Å². The van der Waals surface area contributed by atoms with E-state index in [-0.39, 0.29) is 23.3 Å². The Kier molecular flexibility index (Phi) is 5.85. The van der Waals surface area contributed by atoms with Gasteiger partial charge in [-0.05, 0) is 42.4 Å². The maximum absolute atomic E-state index is 12.6. The summed E-state index contributed by atoms with van der Waals surface area (Å²) in [6, 6.07) is 11.0. The Morgan fingerprint density at radius 3 is 2.32 bits per heavy atom. The van der Waals surface area contributed by atoms with E-state index < -0.39 is 10.0 Å². The van der Waals surface area contributed by atoms with E-state index in [9.17, 15) is 18.0 Å². The number of hydrogen-bond donors (Lipinski definition) is 2. The number of carbonyl (C=O) groups is 1. The van der Waals surface area contributed by atoms with Crippen molar-refractivity contribution in [1.29, 1.82) is 0 Å². The molecule has 2 heterocycles. The number of aromatic nitrogens is 1. The van der Waals surface area contributed by atoms with Crippen LogP contribution in [0.3, 0.4) is 0 Å². The molecular weight excluding hydrogens is 414 g/mol. The number of pyridine rings is 1. The molecule has 1 aromatic heterocycles. The first kappa shape index (κ1) is 21.5. The molecule has 8 heteroatoms. The van der Waals surface area contributed by atoms with Gasteiger partial charge in [0.05, 0.1) is 5.75 Å². The first-order chi connectivity index (χ1) is 14.7. The van der Waals surface area contributed by atoms with Gasteiger partial charge in [0.2, 0.25) is 15.9 Å². The van der Waals surface area contributed by atoms with Crippen LogP contribution in [0.1, 0.15) is 54.0 Å². The minimum atomic E-state index is -3.35. The Bertz CT molecular complexity index is 1180. The number of benzene rings is 1. The minimum Gasteiger partial charge on any atom is -0.350 e. The highest BCUT2D eigenvalue weighted by Crippen LogP contribution is 2.38. The lowest BCUT2D eigenvalue weighted by Crippen LogP contribution is -2.24. The van der Waals surface area contributed by atoms with Crippen LogP contribution in [0.4, 0.5) is 0 Å². The van der Waals surface area contributed by atoms with Gasteiger partial charge in [0, 0.05) is 43.4 Å². The molecule has 2 fully saturated rings. The third kappa shape index (κ3) is 4.97. The van der Waals surface area contributed by atoms with Gasteiger partial charge in [-0.2, -0.15) is 0 Å². The van der Waals surface area contributed by atoms with Gasteiger partial charge in [-0.15, -0.1) is 0 Å². The highest BCUT2D eigenvalue weighted by atomic mass is 32.2. The van der Waals surface area contributed by atoms with E-state index in [2.05, 4.69) is 10.3 Å². The second-order valence-electron chi connectivity index (χ2n) is 8.46. The lowest BCUT2D eigenvalue weighted by atomic mass is 9.97. The second-order valence-corrected chi connectivity index (χ2v) is 10.6. The number of hydrogen-bond acceptors (Lipinski definition) is 4. The van der Waals surface area contributed by atoms with Crippen LogP contribution in [0.5, 0.6) is 0 Å². The summed E-state index contributed by atoms with van der Waals surface area (Å²) in [5.41, 5.74) is 3.78. The standard InChI is InChI=1S/C23H27N3O4S/c1-26(2)31(29,30)14-15-3-5-17(6-4-15)20(13-18-9-12-22(27)24-18)21-11-10-19(16-7-8-16)23(28)25-21/h3-6,10-11,13,16,18H,7-9,12,14H2,1-2H3,(H,24,27)(H,25,28)/b20-13+/t18-/m1/s1. The van der Waals surface area contributed by atoms with Crippen molar-refractivity contribution in [3.8, 4) is 0 Å². The van der Waals surface area contributed by atoms with Crippen LogP contribution in [0.2, 0.25) is 0 Å². The summed E-state index contributed by atoms with van der Waals surface area (Å²) in [5, 5.41) is 2.94. The van der Waals surface area contributed by atoms with E-state index in [4.69, 9.17) is 0 Å². The van der Waals surface area contributed by atoms with Gasteiger partial charge in [0.25, 0.3) is 5.56 Å². The van der Waals surface area contributed by atoms with Crippen molar-refractivity contribution in [2.24, 2.45) is 0 Å². The average Bonchev–Trinajstić information content (AvgIpc) is 3.47. The van der Waals surface area contributed by atoms with E-state index in [1.165, 1.54) is 18.4 Å². The molecule has 1 saturated carbocycles. The minimum absolute atomic E-state index is 0.0161. The fourth-order valence-electron chi connectivity index (χ4n) is 3.78. The Labute approximate surface area is 182 Å². The maximum atomic E-state index is 12.6. The fourth-order valence-corrected chi connectivity index (χ4v) is 4.66. The maximum Gasteiger partial charge on any atom is 0.251 e. The SMILES string of the molecule is CN(C)S(=O)(=O)Cc1ccc(/C(=C\[C@H]2CCC(=O)N2)c2ccc(C3CC3)c(=O)[nH]2)cc1. The fraction of sp³-hybridized carbons (Fsp3) is 0.391. The van der Waals surface area contributed by atoms with Gasteiger partial charge >= 0.3 is 0 Å². The molecule has 0 bridgehead atoms. The van der Waals surface area contributed by atoms with Crippen molar-refractivity contribution < 1.29 is 13.2 Å². The molecule has 4 rings (SSSR count). The molecule has 164 valence electrons. The van der Waals surface area contributed by atoms with Crippen LogP contribution in [-0.2, 0) is 20.6 Å². The summed E-state index contributed by atoms with van der Waals surface area (Å²) in [6.45, 7) is 0. The molecule has 2 N–H and O–H groups in total. The van der Waals surface area contributed by atoms with Crippen LogP contribution >= 0.6 is 0 Å². The normalized spacial score (nSPS) is 19.6. The molecule has 7 nitrogen and oxygen atoms in total. The molecular formula is C23H27N3O4S. The smallest absolute Gasteiger partial charge is 0.251 e. The lowest BCUT2D eigenvalue weighted by Gasteiger charge is -2.14. The van der Waals surface area contributed by atoms with Crippen molar-refractivity contribution in [2.75, 3.05) is 14.1 Å². The van der Waals surface area contributed by atoms with E-state index in [1.807, 2.05) is 30.3 Å². The largest absolute Gasteiger partial charge is 0.350 e. The van der Waals surface area contributed by atoms with Gasteiger partial charge in [0.1, 0.15) is 0 Å². The zero-order valence-electron chi connectivity index (χ0n) is 17.7. The molecule has 1 aromatic carbocycles. The van der Waals surface area contributed by atoms with Gasteiger partial charge in [0.15, 0.2) is 0 Å². The summed E-state index contributed by atoms with van der Waals surface area (Å²) in [6.07, 6.45) is 5.25. The third-order valence-corrected chi connectivity index (χ3v) is 7.63. The topological polar surface area (TPSA) is 99.3 Å². The summed E-state index contributed by atoms with van der Waals surface area (Å²) in [7, 11) is -0.318. The number of nitrogens with zero attached hydrogens (tertiary/aromatic N) is 1. The van der Waals surface area contributed by atoms with Crippen molar-refractivity contribution in [2.45, 2.75) is 43.4 Å². The van der Waals surface area contributed by atoms with E-state index in [1.54, 1.807) is 12.1 Å². The Morgan fingerprint density at radius 1 is 1.06 bits per heavy atom. The Balaban J connectivity index is 1.68. The highest BCUT2D eigenvalue weighted by Gasteiger charge is 2.27. The van der Waals surface area contributed by atoms with Gasteiger partial charge in [-0.1, -0.05) is 36.4 Å². The second kappa shape index (κ2) is 8.43. The van der Waals surface area contributed by atoms with Crippen LogP contribution in [0.15, 0.2) is 47.3 Å². The van der Waals surface area contributed by atoms with Crippen LogP contribution in [0.25, 0.3) is 5.57 Å². The summed E-state index contributed by atoms with van der Waals surface area (Å²) >= 11 is 0. The lowest BCUT2D eigenvalue weighted by molar-refractivity contribution is -0.119. The Morgan fingerprint density at radius 2 is 1.77 bits per heavy atom. The molecule has 1 aliphatic carbocycles. The number of aromatic amines is 1. The van der Waals surface area contributed by atoms with Crippen molar-refractivity contribution >= 4 is 21.5 Å². The molecule has 2 aromatic rings. The zero-order chi connectivity index (χ0) is 22.2. The monoisotopic (exact) mass is 441 g/mol. The van der Waals surface area contributed by atoms with Crippen LogP contribution < -0.4 is 10.9 Å². The number of amides is 1. The van der Waals surface area contributed by atoms with Gasteiger partial charge in [-0.25, -0.2) is 12.7 Å². The number of nitrogens with one attached hydrogen (secondary N) is 2. The predicted molar refractivity (Wildman–Crippen MR) is 120 cm³/mol. The predicted octanol–water partition coefficient (Wildman–Crippen LogP) is 2.35. The van der Waals surface area contributed by atoms with Crippen LogP contribution in [-0.4, -0.2) is 43.8 Å². The first-order valence-electron chi connectivity index (χ1n) is 10.5. The summed E-state index contributed by atoms with van der Waals surface area (Å²) < 4.78 is 25.5. The molecule has 1 amide bonds. The highest BCUT2D eigenvalue weighted by molar-refractivity contribution is 7.88. The third-order valence-electron chi connectivity index (χ3n) is 5.81. The summed E-state index contributed by atoms with van der Waals surface area (Å²) in [4.78, 5) is 27.3. The van der Waals surface area contributed by atoms with Crippen molar-refractivity contribution in [1.82, 2.24) is 14.6 Å². The van der Waals surface area contributed by atoms with Crippen LogP contribution in [0, 0.1) is 0 Å². The quantitative estimate of drug-likeness (QED) is 0.689. The molecule has 0 radical (unpaired) electrons. The molecule has 2 aliphatic rings. The number of H-pyrrole nitrogens is 1. The molecule has 31 heavy (non-hydrogen) atoms. The Hall–Kier alpha value is -2.71. The molecule has 1 atom stereocenters. The molecule has 0 unspecified atom stereocenters. The molecule has 0 spiro atoms.